The molecule has 0 atom stereocenters. The van der Waals surface area contributed by atoms with Crippen LogP contribution in [0.2, 0.25) is 0 Å². The van der Waals surface area contributed by atoms with Gasteiger partial charge < -0.3 is 5.73 Å². The van der Waals surface area contributed by atoms with Crippen LogP contribution in [0.5, 0.6) is 0 Å². The molecule has 0 aliphatic rings. The summed E-state index contributed by atoms with van der Waals surface area (Å²) in [6, 6.07) is 0. The third kappa shape index (κ3) is 3.63. The van der Waals surface area contributed by atoms with Gasteiger partial charge in [0.2, 0.25) is 11.0 Å². The van der Waals surface area contributed by atoms with Crippen LogP contribution in [-0.2, 0) is 11.2 Å². The number of rotatable bonds is 6. The molecule has 1 rings (SSSR count). The average Bonchev–Trinajstić information content (AvgIpc) is 2.80. The van der Waals surface area contributed by atoms with E-state index in [1.807, 2.05) is 20.8 Å². The maximum atomic E-state index is 12.2. The van der Waals surface area contributed by atoms with E-state index < -0.39 is 5.41 Å². The van der Waals surface area contributed by atoms with Gasteiger partial charge in [-0.25, -0.2) is 0 Å². The minimum absolute atomic E-state index is 0. The van der Waals surface area contributed by atoms with Crippen LogP contribution in [0.3, 0.4) is 0 Å². The van der Waals surface area contributed by atoms with Crippen molar-refractivity contribution in [1.29, 1.82) is 0 Å². The maximum Gasteiger partial charge on any atom is 0.233 e. The highest BCUT2D eigenvalue weighted by molar-refractivity contribution is 7.15. The fourth-order valence-corrected chi connectivity index (χ4v) is 2.30. The molecule has 0 unspecified atom stereocenters. The van der Waals surface area contributed by atoms with E-state index in [0.717, 1.165) is 24.3 Å². The van der Waals surface area contributed by atoms with E-state index in [2.05, 4.69) is 15.5 Å². The van der Waals surface area contributed by atoms with Crippen LogP contribution in [0.4, 0.5) is 5.13 Å². The van der Waals surface area contributed by atoms with E-state index >= 15 is 0 Å². The van der Waals surface area contributed by atoms with Crippen LogP contribution >= 0.6 is 23.7 Å². The summed E-state index contributed by atoms with van der Waals surface area (Å²) in [5, 5.41) is 12.2. The molecule has 0 fully saturated rings. The summed E-state index contributed by atoms with van der Waals surface area (Å²) < 4.78 is 0. The van der Waals surface area contributed by atoms with Crippen LogP contribution in [0.1, 0.15) is 38.6 Å². The summed E-state index contributed by atoms with van der Waals surface area (Å²) in [6.45, 7) is 6.32. The molecular formula is C11H21ClN4OS. The van der Waals surface area contributed by atoms with Gasteiger partial charge >= 0.3 is 0 Å². The minimum atomic E-state index is -0.488. The minimum Gasteiger partial charge on any atom is -0.329 e. The second-order valence-electron chi connectivity index (χ2n) is 4.00. The number of anilines is 1. The van der Waals surface area contributed by atoms with Crippen LogP contribution < -0.4 is 11.1 Å². The molecule has 1 amide bonds. The van der Waals surface area contributed by atoms with Crippen molar-refractivity contribution in [2.24, 2.45) is 11.1 Å². The van der Waals surface area contributed by atoms with Gasteiger partial charge in [-0.3, -0.25) is 10.1 Å². The van der Waals surface area contributed by atoms with Gasteiger partial charge in [0.05, 0.1) is 5.41 Å². The lowest BCUT2D eigenvalue weighted by atomic mass is 9.81. The van der Waals surface area contributed by atoms with E-state index in [-0.39, 0.29) is 18.3 Å². The fourth-order valence-electron chi connectivity index (χ4n) is 1.63. The number of carbonyl (C=O) groups is 1. The SMILES string of the molecule is CCc1nnc(NC(=O)C(CC)(CC)CN)s1.Cl. The predicted molar refractivity (Wildman–Crippen MR) is 77.2 cm³/mol. The molecule has 0 spiro atoms. The summed E-state index contributed by atoms with van der Waals surface area (Å²) in [5.74, 6) is -0.0520. The molecule has 0 aliphatic heterocycles. The molecule has 0 saturated carbocycles. The number of amides is 1. The Bertz CT molecular complexity index is 371. The lowest BCUT2D eigenvalue weighted by Gasteiger charge is -2.27. The second-order valence-corrected chi connectivity index (χ2v) is 5.06. The Morgan fingerprint density at radius 1 is 1.33 bits per heavy atom. The zero-order chi connectivity index (χ0) is 12.9. The molecule has 1 aromatic rings. The van der Waals surface area contributed by atoms with Crippen molar-refractivity contribution in [3.8, 4) is 0 Å². The van der Waals surface area contributed by atoms with Crippen molar-refractivity contribution >= 4 is 34.8 Å². The molecule has 7 heteroatoms. The molecule has 104 valence electrons. The van der Waals surface area contributed by atoms with E-state index in [4.69, 9.17) is 5.73 Å². The average molecular weight is 293 g/mol. The largest absolute Gasteiger partial charge is 0.329 e. The number of halogens is 1. The first kappa shape index (κ1) is 17.3. The predicted octanol–water partition coefficient (Wildman–Crippen LogP) is 2.23. The molecule has 0 bridgehead atoms. The quantitative estimate of drug-likeness (QED) is 0.842. The van der Waals surface area contributed by atoms with Gasteiger partial charge in [-0.05, 0) is 19.3 Å². The number of aryl methyl sites for hydroxylation is 1. The van der Waals surface area contributed by atoms with Crippen molar-refractivity contribution in [2.45, 2.75) is 40.0 Å². The van der Waals surface area contributed by atoms with Crippen molar-refractivity contribution < 1.29 is 4.79 Å². The van der Waals surface area contributed by atoms with Crippen LogP contribution in [0.15, 0.2) is 0 Å². The smallest absolute Gasteiger partial charge is 0.233 e. The maximum absolute atomic E-state index is 12.2. The van der Waals surface area contributed by atoms with Gasteiger partial charge in [0, 0.05) is 6.54 Å². The number of hydrogen-bond acceptors (Lipinski definition) is 5. The normalized spacial score (nSPS) is 10.9. The third-order valence-electron chi connectivity index (χ3n) is 3.22. The molecule has 0 saturated heterocycles. The van der Waals surface area contributed by atoms with Crippen LogP contribution in [-0.4, -0.2) is 22.6 Å². The monoisotopic (exact) mass is 292 g/mol. The Labute approximate surface area is 118 Å². The number of nitrogens with one attached hydrogen (secondary N) is 1. The Morgan fingerprint density at radius 3 is 2.33 bits per heavy atom. The molecule has 5 nitrogen and oxygen atoms in total. The Hall–Kier alpha value is -0.720. The number of aromatic nitrogens is 2. The van der Waals surface area contributed by atoms with Gasteiger partial charge in [0.1, 0.15) is 5.01 Å². The highest BCUT2D eigenvalue weighted by atomic mass is 35.5. The highest BCUT2D eigenvalue weighted by Gasteiger charge is 2.33. The third-order valence-corrected chi connectivity index (χ3v) is 4.20. The van der Waals surface area contributed by atoms with Crippen LogP contribution in [0, 0.1) is 5.41 Å². The van der Waals surface area contributed by atoms with Gasteiger partial charge in [-0.1, -0.05) is 32.1 Å². The number of nitrogens with two attached hydrogens (primary N) is 1. The second kappa shape index (κ2) is 7.66. The Kier molecular flexibility index (Phi) is 7.35. The molecule has 3 N–H and O–H groups in total. The van der Waals surface area contributed by atoms with E-state index in [1.54, 1.807) is 0 Å². The Balaban J connectivity index is 0.00000289. The molecule has 0 radical (unpaired) electrons. The number of carbonyl (C=O) groups excluding carboxylic acids is 1. The van der Waals surface area contributed by atoms with Crippen molar-refractivity contribution in [3.05, 3.63) is 5.01 Å². The standard InChI is InChI=1S/C11H20N4OS.ClH/c1-4-8-14-15-10(17-8)13-9(16)11(5-2,6-3)7-12;/h4-7,12H2,1-3H3,(H,13,15,16);1H. The lowest BCUT2D eigenvalue weighted by Crippen LogP contribution is -2.41. The van der Waals surface area contributed by atoms with Gasteiger partial charge in [-0.15, -0.1) is 22.6 Å². The molecule has 0 aliphatic carbocycles. The summed E-state index contributed by atoms with van der Waals surface area (Å²) in [5.41, 5.74) is 5.23. The Morgan fingerprint density at radius 2 is 1.94 bits per heavy atom. The van der Waals surface area contributed by atoms with Gasteiger partial charge in [0.15, 0.2) is 0 Å². The highest BCUT2D eigenvalue weighted by Crippen LogP contribution is 2.27. The fraction of sp³-hybridized carbons (Fsp3) is 0.727. The van der Waals surface area contributed by atoms with E-state index in [1.165, 1.54) is 11.3 Å². The first-order chi connectivity index (χ1) is 8.11. The van der Waals surface area contributed by atoms with Crippen LogP contribution in [0.25, 0.3) is 0 Å². The van der Waals surface area contributed by atoms with Crippen molar-refractivity contribution in [2.75, 3.05) is 11.9 Å². The molecule has 18 heavy (non-hydrogen) atoms. The lowest BCUT2D eigenvalue weighted by molar-refractivity contribution is -0.125. The summed E-state index contributed by atoms with van der Waals surface area (Å²) >= 11 is 1.41. The number of nitrogens with zero attached hydrogens (tertiary/aromatic N) is 2. The van der Waals surface area contributed by atoms with Gasteiger partial charge in [-0.2, -0.15) is 0 Å². The number of hydrogen-bond donors (Lipinski definition) is 2. The zero-order valence-electron chi connectivity index (χ0n) is 11.0. The molecule has 1 aromatic heterocycles. The first-order valence-electron chi connectivity index (χ1n) is 5.95. The van der Waals surface area contributed by atoms with Gasteiger partial charge in [0.25, 0.3) is 0 Å². The summed E-state index contributed by atoms with van der Waals surface area (Å²) in [4.78, 5) is 12.2. The van der Waals surface area contributed by atoms with E-state index in [0.29, 0.717) is 11.7 Å². The molecular weight excluding hydrogens is 272 g/mol. The van der Waals surface area contributed by atoms with E-state index in [9.17, 15) is 4.79 Å². The van der Waals surface area contributed by atoms with Crippen molar-refractivity contribution in [3.63, 3.8) is 0 Å². The topological polar surface area (TPSA) is 80.9 Å². The molecule has 1 heterocycles. The summed E-state index contributed by atoms with van der Waals surface area (Å²) in [6.07, 6.45) is 2.29. The zero-order valence-corrected chi connectivity index (χ0v) is 12.7. The molecule has 0 aromatic carbocycles. The summed E-state index contributed by atoms with van der Waals surface area (Å²) in [7, 11) is 0. The van der Waals surface area contributed by atoms with Crippen molar-refractivity contribution in [1.82, 2.24) is 10.2 Å². The first-order valence-corrected chi connectivity index (χ1v) is 6.77.